The summed E-state index contributed by atoms with van der Waals surface area (Å²) in [6.45, 7) is 2.36. The molecule has 0 aliphatic heterocycles. The molecule has 0 spiro atoms. The fourth-order valence-electron chi connectivity index (χ4n) is 0.931. The molecule has 3 nitrogen and oxygen atoms in total. The molecule has 0 saturated heterocycles. The van der Waals surface area contributed by atoms with Crippen molar-refractivity contribution >= 4 is 15.9 Å². The van der Waals surface area contributed by atoms with Crippen molar-refractivity contribution in [3.05, 3.63) is 22.3 Å². The highest BCUT2D eigenvalue weighted by Gasteiger charge is 2.01. The molecule has 0 atom stereocenters. The van der Waals surface area contributed by atoms with Crippen molar-refractivity contribution in [3.8, 4) is 5.88 Å². The smallest absolute Gasteiger partial charge is 0.214 e. The number of rotatable bonds is 4. The summed E-state index contributed by atoms with van der Waals surface area (Å²) in [5.41, 5.74) is 1.15. The lowest BCUT2D eigenvalue weighted by Crippen LogP contribution is -2.03. The van der Waals surface area contributed by atoms with E-state index in [4.69, 9.17) is 9.84 Å². The van der Waals surface area contributed by atoms with Crippen LogP contribution in [0.15, 0.2) is 16.7 Å². The van der Waals surface area contributed by atoms with Crippen molar-refractivity contribution in [2.45, 2.75) is 13.3 Å². The number of aliphatic hydroxyl groups excluding tert-OH is 1. The van der Waals surface area contributed by atoms with E-state index >= 15 is 0 Å². The first kappa shape index (κ1) is 10.5. The summed E-state index contributed by atoms with van der Waals surface area (Å²) < 4.78 is 6.14. The van der Waals surface area contributed by atoms with Gasteiger partial charge in [-0.25, -0.2) is 4.98 Å². The minimum absolute atomic E-state index is 0.00876. The second kappa shape index (κ2) is 5.19. The topological polar surface area (TPSA) is 42.4 Å². The Bertz CT molecular complexity index is 278. The Hall–Kier alpha value is -0.610. The monoisotopic (exact) mass is 245 g/mol. The SMILES string of the molecule is CCc1cnc(OCCO)cc1Br. The van der Waals surface area contributed by atoms with E-state index in [9.17, 15) is 0 Å². The van der Waals surface area contributed by atoms with Crippen LogP contribution in [0.25, 0.3) is 0 Å². The molecule has 4 heteroatoms. The maximum Gasteiger partial charge on any atom is 0.214 e. The van der Waals surface area contributed by atoms with Gasteiger partial charge in [0.05, 0.1) is 6.61 Å². The lowest BCUT2D eigenvalue weighted by atomic mass is 10.2. The molecule has 0 aliphatic carbocycles. The van der Waals surface area contributed by atoms with Crippen LogP contribution in [-0.4, -0.2) is 23.3 Å². The van der Waals surface area contributed by atoms with Gasteiger partial charge in [-0.05, 0) is 12.0 Å². The van der Waals surface area contributed by atoms with Gasteiger partial charge in [0.2, 0.25) is 5.88 Å². The minimum atomic E-state index is 0.00876. The number of ether oxygens (including phenoxy) is 1. The second-order valence-corrected chi connectivity index (χ2v) is 3.39. The standard InChI is InChI=1S/C9H12BrNO2/c1-2-7-6-11-9(5-8(7)10)13-4-3-12/h5-6,12H,2-4H2,1H3. The zero-order chi connectivity index (χ0) is 9.68. The van der Waals surface area contributed by atoms with Crippen molar-refractivity contribution in [1.82, 2.24) is 4.98 Å². The van der Waals surface area contributed by atoms with Gasteiger partial charge >= 0.3 is 0 Å². The molecule has 1 N–H and O–H groups in total. The van der Waals surface area contributed by atoms with E-state index < -0.39 is 0 Å². The Morgan fingerprint density at radius 1 is 1.62 bits per heavy atom. The quantitative estimate of drug-likeness (QED) is 0.880. The maximum atomic E-state index is 8.53. The van der Waals surface area contributed by atoms with E-state index in [0.29, 0.717) is 5.88 Å². The number of aliphatic hydroxyl groups is 1. The highest BCUT2D eigenvalue weighted by molar-refractivity contribution is 9.10. The first-order chi connectivity index (χ1) is 6.27. The van der Waals surface area contributed by atoms with Gasteiger partial charge in [0.15, 0.2) is 0 Å². The van der Waals surface area contributed by atoms with Crippen molar-refractivity contribution in [2.75, 3.05) is 13.2 Å². The minimum Gasteiger partial charge on any atom is -0.475 e. The molecule has 1 heterocycles. The van der Waals surface area contributed by atoms with Crippen molar-refractivity contribution < 1.29 is 9.84 Å². The average molecular weight is 246 g/mol. The number of nitrogens with zero attached hydrogens (tertiary/aromatic N) is 1. The van der Waals surface area contributed by atoms with Crippen LogP contribution in [0.5, 0.6) is 5.88 Å². The molecule has 0 amide bonds. The summed E-state index contributed by atoms with van der Waals surface area (Å²) in [7, 11) is 0. The van der Waals surface area contributed by atoms with Gasteiger partial charge in [0.1, 0.15) is 6.61 Å². The van der Waals surface area contributed by atoms with E-state index in [2.05, 4.69) is 27.8 Å². The summed E-state index contributed by atoms with van der Waals surface area (Å²) >= 11 is 3.42. The van der Waals surface area contributed by atoms with Crippen LogP contribution in [0, 0.1) is 0 Å². The number of halogens is 1. The van der Waals surface area contributed by atoms with Gasteiger partial charge in [-0.2, -0.15) is 0 Å². The first-order valence-corrected chi connectivity index (χ1v) is 4.95. The third-order valence-corrected chi connectivity index (χ3v) is 2.36. The molecule has 0 aromatic carbocycles. The predicted molar refractivity (Wildman–Crippen MR) is 53.9 cm³/mol. The molecule has 0 unspecified atom stereocenters. The van der Waals surface area contributed by atoms with E-state index in [1.54, 1.807) is 6.20 Å². The number of aromatic nitrogens is 1. The maximum absolute atomic E-state index is 8.53. The second-order valence-electron chi connectivity index (χ2n) is 2.54. The van der Waals surface area contributed by atoms with E-state index in [0.717, 1.165) is 16.5 Å². The highest BCUT2D eigenvalue weighted by Crippen LogP contribution is 2.20. The third-order valence-electron chi connectivity index (χ3n) is 1.63. The fraction of sp³-hybridized carbons (Fsp3) is 0.444. The molecule has 0 aliphatic rings. The van der Waals surface area contributed by atoms with Crippen LogP contribution in [0.3, 0.4) is 0 Å². The van der Waals surface area contributed by atoms with E-state index in [-0.39, 0.29) is 13.2 Å². The molecule has 1 aromatic rings. The molecule has 0 saturated carbocycles. The molecule has 0 fully saturated rings. The van der Waals surface area contributed by atoms with Crippen molar-refractivity contribution in [1.29, 1.82) is 0 Å². The molecule has 1 aromatic heterocycles. The zero-order valence-electron chi connectivity index (χ0n) is 7.46. The van der Waals surface area contributed by atoms with Crippen LogP contribution < -0.4 is 4.74 Å². The predicted octanol–water partition coefficient (Wildman–Crippen LogP) is 1.78. The normalized spacial score (nSPS) is 10.1. The van der Waals surface area contributed by atoms with E-state index in [1.807, 2.05) is 6.07 Å². The largest absolute Gasteiger partial charge is 0.475 e. The molecular formula is C9H12BrNO2. The van der Waals surface area contributed by atoms with Gasteiger partial charge in [-0.1, -0.05) is 22.9 Å². The van der Waals surface area contributed by atoms with Gasteiger partial charge in [-0.15, -0.1) is 0 Å². The number of hydrogen-bond acceptors (Lipinski definition) is 3. The average Bonchev–Trinajstić information content (AvgIpc) is 2.15. The van der Waals surface area contributed by atoms with Gasteiger partial charge < -0.3 is 9.84 Å². The molecule has 0 radical (unpaired) electrons. The van der Waals surface area contributed by atoms with Crippen molar-refractivity contribution in [3.63, 3.8) is 0 Å². The van der Waals surface area contributed by atoms with Crippen LogP contribution in [0.4, 0.5) is 0 Å². The Morgan fingerprint density at radius 3 is 2.92 bits per heavy atom. The van der Waals surface area contributed by atoms with Crippen LogP contribution in [0.2, 0.25) is 0 Å². The number of pyridine rings is 1. The Balaban J connectivity index is 2.71. The van der Waals surface area contributed by atoms with E-state index in [1.165, 1.54) is 0 Å². The molecule has 72 valence electrons. The van der Waals surface area contributed by atoms with Crippen LogP contribution in [-0.2, 0) is 6.42 Å². The summed E-state index contributed by atoms with van der Waals surface area (Å²) in [4.78, 5) is 4.08. The first-order valence-electron chi connectivity index (χ1n) is 4.16. The molecular weight excluding hydrogens is 234 g/mol. The zero-order valence-corrected chi connectivity index (χ0v) is 9.04. The lowest BCUT2D eigenvalue weighted by molar-refractivity contribution is 0.196. The summed E-state index contributed by atoms with van der Waals surface area (Å²) in [6, 6.07) is 1.81. The van der Waals surface area contributed by atoms with Crippen LogP contribution >= 0.6 is 15.9 Å². The Morgan fingerprint density at radius 2 is 2.38 bits per heavy atom. The summed E-state index contributed by atoms with van der Waals surface area (Å²) in [5, 5.41) is 8.53. The van der Waals surface area contributed by atoms with Gasteiger partial charge in [0.25, 0.3) is 0 Å². The molecule has 0 bridgehead atoms. The Kier molecular flexibility index (Phi) is 4.18. The third kappa shape index (κ3) is 2.97. The summed E-state index contributed by atoms with van der Waals surface area (Å²) in [5.74, 6) is 0.540. The van der Waals surface area contributed by atoms with Gasteiger partial charge in [-0.3, -0.25) is 0 Å². The van der Waals surface area contributed by atoms with Crippen LogP contribution in [0.1, 0.15) is 12.5 Å². The fourth-order valence-corrected chi connectivity index (χ4v) is 1.51. The number of hydrogen-bond donors (Lipinski definition) is 1. The van der Waals surface area contributed by atoms with Gasteiger partial charge in [0, 0.05) is 16.7 Å². The lowest BCUT2D eigenvalue weighted by Gasteiger charge is -2.05. The number of aryl methyl sites for hydroxylation is 1. The summed E-state index contributed by atoms with van der Waals surface area (Å²) in [6.07, 6.45) is 2.71. The Labute approximate surface area is 85.9 Å². The highest BCUT2D eigenvalue weighted by atomic mass is 79.9. The molecule has 13 heavy (non-hydrogen) atoms. The molecule has 1 rings (SSSR count). The van der Waals surface area contributed by atoms with Crippen molar-refractivity contribution in [2.24, 2.45) is 0 Å².